The Hall–Kier alpha value is -3.35. The Morgan fingerprint density at radius 2 is 1.50 bits per heavy atom. The topological polar surface area (TPSA) is 105 Å². The number of carbonyl (C=O) groups excluding carboxylic acids is 2. The van der Waals surface area contributed by atoms with Gasteiger partial charge in [-0.2, -0.15) is 0 Å². The lowest BCUT2D eigenvalue weighted by atomic mass is 9.77. The highest BCUT2D eigenvalue weighted by atomic mass is 16.5. The van der Waals surface area contributed by atoms with Crippen molar-refractivity contribution in [2.75, 3.05) is 13.2 Å². The van der Waals surface area contributed by atoms with Crippen molar-refractivity contribution < 1.29 is 24.2 Å². The molecular formula is C27H34N2O5. The van der Waals surface area contributed by atoms with Gasteiger partial charge in [-0.3, -0.25) is 9.59 Å². The van der Waals surface area contributed by atoms with Crippen molar-refractivity contribution in [2.45, 2.75) is 46.6 Å². The van der Waals surface area contributed by atoms with Gasteiger partial charge in [-0.15, -0.1) is 0 Å². The number of ether oxygens (including phenoxy) is 1. The fourth-order valence-electron chi connectivity index (χ4n) is 4.65. The number of hydrogen-bond acceptors (Lipinski definition) is 4. The molecule has 182 valence electrons. The van der Waals surface area contributed by atoms with Crippen molar-refractivity contribution in [3.05, 3.63) is 59.7 Å². The molecule has 0 fully saturated rings. The monoisotopic (exact) mass is 466 g/mol. The Morgan fingerprint density at radius 1 is 0.971 bits per heavy atom. The smallest absolute Gasteiger partial charge is 0.407 e. The number of amides is 2. The lowest BCUT2D eigenvalue weighted by Gasteiger charge is -2.36. The Kier molecular flexibility index (Phi) is 7.64. The zero-order chi connectivity index (χ0) is 25.0. The third kappa shape index (κ3) is 5.24. The highest BCUT2D eigenvalue weighted by Gasteiger charge is 2.40. The van der Waals surface area contributed by atoms with E-state index in [4.69, 9.17) is 9.84 Å². The molecule has 3 rings (SSSR count). The number of fused-ring (bicyclic) bond motifs is 3. The molecule has 34 heavy (non-hydrogen) atoms. The maximum Gasteiger partial charge on any atom is 0.407 e. The second kappa shape index (κ2) is 10.3. The van der Waals surface area contributed by atoms with E-state index in [-0.39, 0.29) is 30.9 Å². The fraction of sp³-hybridized carbons (Fsp3) is 0.444. The number of rotatable bonds is 9. The largest absolute Gasteiger partial charge is 0.481 e. The third-order valence-electron chi connectivity index (χ3n) is 6.64. The third-order valence-corrected chi connectivity index (χ3v) is 6.64. The molecule has 0 spiro atoms. The molecule has 3 N–H and O–H groups in total. The van der Waals surface area contributed by atoms with Gasteiger partial charge in [-0.1, -0.05) is 69.3 Å². The quantitative estimate of drug-likeness (QED) is 0.508. The van der Waals surface area contributed by atoms with Gasteiger partial charge in [0.15, 0.2) is 0 Å². The van der Waals surface area contributed by atoms with Crippen LogP contribution >= 0.6 is 0 Å². The van der Waals surface area contributed by atoms with E-state index in [0.717, 1.165) is 22.3 Å². The summed E-state index contributed by atoms with van der Waals surface area (Å²) < 4.78 is 5.67. The summed E-state index contributed by atoms with van der Waals surface area (Å²) in [6.07, 6.45) is -0.583. The molecule has 0 aromatic heterocycles. The first kappa shape index (κ1) is 25.3. The molecule has 2 unspecified atom stereocenters. The number of carbonyl (C=O) groups is 3. The molecule has 0 aliphatic heterocycles. The normalized spacial score (nSPS) is 14.6. The number of hydrogen-bond donors (Lipinski definition) is 3. The van der Waals surface area contributed by atoms with E-state index >= 15 is 0 Å². The van der Waals surface area contributed by atoms with Gasteiger partial charge < -0.3 is 20.5 Å². The summed E-state index contributed by atoms with van der Waals surface area (Å²) in [4.78, 5) is 36.7. The lowest BCUT2D eigenvalue weighted by Crippen LogP contribution is -2.55. The van der Waals surface area contributed by atoms with Crippen LogP contribution in [0.1, 0.15) is 51.7 Å². The van der Waals surface area contributed by atoms with E-state index in [9.17, 15) is 14.4 Å². The highest BCUT2D eigenvalue weighted by molar-refractivity contribution is 5.84. The Morgan fingerprint density at radius 3 is 2.00 bits per heavy atom. The summed E-state index contributed by atoms with van der Waals surface area (Å²) in [5.74, 6) is -2.11. The summed E-state index contributed by atoms with van der Waals surface area (Å²) in [5.41, 5.74) is 3.59. The first-order valence-corrected chi connectivity index (χ1v) is 11.7. The minimum Gasteiger partial charge on any atom is -0.481 e. The number of aliphatic carboxylic acids is 1. The van der Waals surface area contributed by atoms with Crippen molar-refractivity contribution in [2.24, 2.45) is 17.3 Å². The van der Waals surface area contributed by atoms with Crippen LogP contribution in [-0.2, 0) is 14.3 Å². The summed E-state index contributed by atoms with van der Waals surface area (Å²) in [5, 5.41) is 14.6. The SMILES string of the molecule is CC(CNC(=O)C(C)(C)C(NC(=O)OCC1c2ccccc2-c2ccccc21)C(C)C)C(=O)O. The van der Waals surface area contributed by atoms with Crippen molar-refractivity contribution in [1.82, 2.24) is 10.6 Å². The molecule has 2 amide bonds. The van der Waals surface area contributed by atoms with E-state index in [1.807, 2.05) is 38.1 Å². The molecule has 0 radical (unpaired) electrons. The van der Waals surface area contributed by atoms with E-state index in [2.05, 4.69) is 34.9 Å². The zero-order valence-electron chi connectivity index (χ0n) is 20.4. The predicted molar refractivity (Wildman–Crippen MR) is 130 cm³/mol. The number of carboxylic acid groups (broad SMARTS) is 1. The van der Waals surface area contributed by atoms with Crippen LogP contribution in [-0.4, -0.2) is 42.3 Å². The molecule has 7 nitrogen and oxygen atoms in total. The molecule has 0 bridgehead atoms. The number of nitrogens with one attached hydrogen (secondary N) is 2. The lowest BCUT2D eigenvalue weighted by molar-refractivity contribution is -0.141. The molecule has 1 aliphatic rings. The van der Waals surface area contributed by atoms with Crippen LogP contribution in [0.25, 0.3) is 11.1 Å². The molecule has 0 saturated heterocycles. The second-order valence-electron chi connectivity index (χ2n) is 9.86. The number of alkyl carbamates (subject to hydrolysis) is 1. The summed E-state index contributed by atoms with van der Waals surface area (Å²) in [7, 11) is 0. The van der Waals surface area contributed by atoms with Crippen LogP contribution < -0.4 is 10.6 Å². The van der Waals surface area contributed by atoms with Crippen LogP contribution in [0, 0.1) is 17.3 Å². The molecule has 0 heterocycles. The van der Waals surface area contributed by atoms with Crippen LogP contribution in [0.5, 0.6) is 0 Å². The van der Waals surface area contributed by atoms with E-state index < -0.39 is 29.4 Å². The van der Waals surface area contributed by atoms with Gasteiger partial charge in [0.25, 0.3) is 0 Å². The molecule has 0 saturated carbocycles. The molecule has 1 aliphatic carbocycles. The van der Waals surface area contributed by atoms with Gasteiger partial charge in [0.05, 0.1) is 11.3 Å². The predicted octanol–water partition coefficient (Wildman–Crippen LogP) is 4.41. The Balaban J connectivity index is 1.66. The Labute approximate surface area is 200 Å². The molecule has 2 aromatic carbocycles. The van der Waals surface area contributed by atoms with Crippen molar-refractivity contribution in [3.63, 3.8) is 0 Å². The average molecular weight is 467 g/mol. The maximum absolute atomic E-state index is 12.9. The number of benzene rings is 2. The van der Waals surface area contributed by atoms with E-state index in [1.54, 1.807) is 13.8 Å². The maximum atomic E-state index is 12.9. The summed E-state index contributed by atoms with van der Waals surface area (Å²) in [6.45, 7) is 9.06. The molecule has 2 atom stereocenters. The van der Waals surface area contributed by atoms with Gasteiger partial charge in [0, 0.05) is 18.5 Å². The summed E-state index contributed by atoms with van der Waals surface area (Å²) >= 11 is 0. The first-order chi connectivity index (χ1) is 16.0. The first-order valence-electron chi connectivity index (χ1n) is 11.7. The highest BCUT2D eigenvalue weighted by Crippen LogP contribution is 2.44. The molecular weight excluding hydrogens is 432 g/mol. The zero-order valence-corrected chi connectivity index (χ0v) is 20.4. The standard InChI is InChI=1S/C27H34N2O5/c1-16(2)23(27(4,5)25(32)28-14-17(3)24(30)31)29-26(33)34-15-22-20-12-8-6-10-18(20)19-11-7-9-13-21(19)22/h6-13,16-17,22-23H,14-15H2,1-5H3,(H,28,32)(H,29,33)(H,30,31). The average Bonchev–Trinajstić information content (AvgIpc) is 3.12. The van der Waals surface area contributed by atoms with E-state index in [1.165, 1.54) is 6.92 Å². The number of carboxylic acids is 1. The molecule has 7 heteroatoms. The van der Waals surface area contributed by atoms with Crippen molar-refractivity contribution in [3.8, 4) is 11.1 Å². The van der Waals surface area contributed by atoms with Crippen LogP contribution in [0.2, 0.25) is 0 Å². The van der Waals surface area contributed by atoms with Gasteiger partial charge >= 0.3 is 12.1 Å². The molecule has 2 aromatic rings. The van der Waals surface area contributed by atoms with Crippen LogP contribution in [0.3, 0.4) is 0 Å². The van der Waals surface area contributed by atoms with Crippen molar-refractivity contribution >= 4 is 18.0 Å². The fourth-order valence-corrected chi connectivity index (χ4v) is 4.65. The van der Waals surface area contributed by atoms with Gasteiger partial charge in [0.1, 0.15) is 6.61 Å². The minimum atomic E-state index is -0.977. The van der Waals surface area contributed by atoms with Crippen LogP contribution in [0.4, 0.5) is 4.79 Å². The summed E-state index contributed by atoms with van der Waals surface area (Å²) in [6, 6.07) is 15.7. The van der Waals surface area contributed by atoms with Gasteiger partial charge in [0.2, 0.25) is 5.91 Å². The second-order valence-corrected chi connectivity index (χ2v) is 9.86. The van der Waals surface area contributed by atoms with Crippen molar-refractivity contribution in [1.29, 1.82) is 0 Å². The van der Waals surface area contributed by atoms with Gasteiger partial charge in [-0.25, -0.2) is 4.79 Å². The van der Waals surface area contributed by atoms with Gasteiger partial charge in [-0.05, 0) is 42.0 Å². The Bertz CT molecular complexity index is 1020. The van der Waals surface area contributed by atoms with Crippen LogP contribution in [0.15, 0.2) is 48.5 Å². The van der Waals surface area contributed by atoms with E-state index in [0.29, 0.717) is 0 Å². The minimum absolute atomic E-state index is 0.0212.